The zero-order valence-corrected chi connectivity index (χ0v) is 23.0. The van der Waals surface area contributed by atoms with E-state index in [-0.39, 0.29) is 15.8 Å². The Morgan fingerprint density at radius 1 is 0.794 bits per heavy atom. The summed E-state index contributed by atoms with van der Waals surface area (Å²) in [5, 5.41) is 3.97. The summed E-state index contributed by atoms with van der Waals surface area (Å²) in [5.41, 5.74) is 4.98. The molecular formula is C31H60BN2. The van der Waals surface area contributed by atoms with Gasteiger partial charge in [0.2, 0.25) is 0 Å². The lowest BCUT2D eigenvalue weighted by Crippen LogP contribution is -2.37. The maximum Gasteiger partial charge on any atom is 0.0600 e. The summed E-state index contributed by atoms with van der Waals surface area (Å²) in [5.74, 6) is 2.68. The van der Waals surface area contributed by atoms with Gasteiger partial charge in [-0.05, 0) is 88.2 Å². The Bertz CT molecular complexity index is 542. The summed E-state index contributed by atoms with van der Waals surface area (Å²) >= 11 is 0. The van der Waals surface area contributed by atoms with Gasteiger partial charge in [0.05, 0.1) is 6.17 Å². The SMILES string of the molecule is C.C=C=C(CC1CCCCC1)C1CCC(CC[C@H]2N[C@H]3CCCC[C@H]3N2C)CC1.CC.CC.[B]. The van der Waals surface area contributed by atoms with Crippen molar-refractivity contribution in [2.75, 3.05) is 7.05 Å². The normalized spacial score (nSPS) is 31.1. The van der Waals surface area contributed by atoms with Gasteiger partial charge < -0.3 is 0 Å². The summed E-state index contributed by atoms with van der Waals surface area (Å²) in [6.07, 6.45) is 23.3. The first kappa shape index (κ1) is 33.5. The van der Waals surface area contributed by atoms with Gasteiger partial charge in [-0.3, -0.25) is 10.2 Å². The molecule has 0 unspecified atom stereocenters. The third-order valence-corrected chi connectivity index (χ3v) is 8.80. The van der Waals surface area contributed by atoms with Crippen LogP contribution in [-0.2, 0) is 0 Å². The number of nitrogens with zero attached hydrogens (tertiary/aromatic N) is 1. The van der Waals surface area contributed by atoms with Crippen molar-refractivity contribution < 1.29 is 0 Å². The van der Waals surface area contributed by atoms with Crippen LogP contribution >= 0.6 is 0 Å². The molecule has 2 nitrogen and oxygen atoms in total. The smallest absolute Gasteiger partial charge is 0.0600 e. The molecule has 3 radical (unpaired) electrons. The third-order valence-electron chi connectivity index (χ3n) is 8.80. The number of hydrogen-bond acceptors (Lipinski definition) is 2. The third kappa shape index (κ3) is 9.52. The Kier molecular flexibility index (Phi) is 18.5. The van der Waals surface area contributed by atoms with Gasteiger partial charge >= 0.3 is 0 Å². The highest BCUT2D eigenvalue weighted by Crippen LogP contribution is 2.40. The molecule has 1 aliphatic heterocycles. The first-order valence-corrected chi connectivity index (χ1v) is 14.6. The second-order valence-corrected chi connectivity index (χ2v) is 10.5. The van der Waals surface area contributed by atoms with Crippen molar-refractivity contribution in [3.8, 4) is 0 Å². The van der Waals surface area contributed by atoms with E-state index in [1.165, 1.54) is 103 Å². The largest absolute Gasteiger partial charge is 0.297 e. The van der Waals surface area contributed by atoms with Crippen LogP contribution in [0.15, 0.2) is 17.9 Å². The molecule has 34 heavy (non-hydrogen) atoms. The van der Waals surface area contributed by atoms with E-state index in [9.17, 15) is 0 Å². The molecule has 0 aromatic rings. The van der Waals surface area contributed by atoms with E-state index in [0.29, 0.717) is 6.17 Å². The predicted octanol–water partition coefficient (Wildman–Crippen LogP) is 8.73. The number of fused-ring (bicyclic) bond motifs is 1. The van der Waals surface area contributed by atoms with Gasteiger partial charge in [-0.2, -0.15) is 0 Å². The Hall–Kier alpha value is -0.495. The first-order chi connectivity index (χ1) is 15.7. The minimum atomic E-state index is 0. The number of nitrogens with one attached hydrogen (secondary N) is 1. The van der Waals surface area contributed by atoms with Gasteiger partial charge in [-0.15, -0.1) is 5.73 Å². The molecule has 0 spiro atoms. The fourth-order valence-electron chi connectivity index (χ4n) is 6.95. The molecule has 3 heteroatoms. The molecule has 3 saturated carbocycles. The summed E-state index contributed by atoms with van der Waals surface area (Å²) in [4.78, 5) is 2.68. The Morgan fingerprint density at radius 2 is 1.38 bits per heavy atom. The molecule has 1 saturated heterocycles. The fraction of sp³-hybridized carbons (Fsp3) is 0.903. The van der Waals surface area contributed by atoms with Crippen LogP contribution in [0.4, 0.5) is 0 Å². The maximum absolute atomic E-state index is 4.08. The van der Waals surface area contributed by atoms with Crippen molar-refractivity contribution in [1.29, 1.82) is 0 Å². The van der Waals surface area contributed by atoms with Crippen molar-refractivity contribution in [1.82, 2.24) is 10.2 Å². The lowest BCUT2D eigenvalue weighted by molar-refractivity contribution is 0.182. The molecule has 0 bridgehead atoms. The van der Waals surface area contributed by atoms with E-state index in [4.69, 9.17) is 0 Å². The highest BCUT2D eigenvalue weighted by molar-refractivity contribution is 5.75. The van der Waals surface area contributed by atoms with Crippen molar-refractivity contribution in [3.63, 3.8) is 0 Å². The van der Waals surface area contributed by atoms with Crippen LogP contribution in [0.2, 0.25) is 0 Å². The van der Waals surface area contributed by atoms with Crippen LogP contribution in [0.25, 0.3) is 0 Å². The van der Waals surface area contributed by atoms with Crippen molar-refractivity contribution in [3.05, 3.63) is 17.9 Å². The molecule has 3 aliphatic carbocycles. The van der Waals surface area contributed by atoms with Crippen molar-refractivity contribution in [2.45, 2.75) is 156 Å². The monoisotopic (exact) mass is 471 g/mol. The minimum Gasteiger partial charge on any atom is -0.297 e. The van der Waals surface area contributed by atoms with Crippen LogP contribution < -0.4 is 5.32 Å². The van der Waals surface area contributed by atoms with E-state index >= 15 is 0 Å². The zero-order chi connectivity index (χ0) is 23.3. The van der Waals surface area contributed by atoms with E-state index in [2.05, 4.69) is 29.6 Å². The van der Waals surface area contributed by atoms with Crippen LogP contribution in [0.5, 0.6) is 0 Å². The molecule has 0 aromatic carbocycles. The predicted molar refractivity (Wildman–Crippen MR) is 154 cm³/mol. The average Bonchev–Trinajstić information content (AvgIpc) is 3.20. The van der Waals surface area contributed by atoms with Gasteiger partial charge in [0.25, 0.3) is 0 Å². The Balaban J connectivity index is 0.00000173. The molecule has 3 atom stereocenters. The van der Waals surface area contributed by atoms with E-state index in [1.54, 1.807) is 5.57 Å². The average molecular weight is 472 g/mol. The minimum absolute atomic E-state index is 0. The fourth-order valence-corrected chi connectivity index (χ4v) is 6.95. The van der Waals surface area contributed by atoms with E-state index < -0.39 is 0 Å². The van der Waals surface area contributed by atoms with Gasteiger partial charge in [-0.25, -0.2) is 0 Å². The summed E-state index contributed by atoms with van der Waals surface area (Å²) in [7, 11) is 2.37. The highest BCUT2D eigenvalue weighted by atomic mass is 15.4. The number of rotatable bonds is 6. The van der Waals surface area contributed by atoms with Crippen LogP contribution in [-0.4, -0.2) is 38.6 Å². The van der Waals surface area contributed by atoms with Crippen LogP contribution in [0.1, 0.15) is 138 Å². The van der Waals surface area contributed by atoms with E-state index in [1.807, 2.05) is 27.7 Å². The molecule has 4 fully saturated rings. The standard InChI is InChI=1S/C26H44N2.2C2H6.CH4.B/c1-3-22(19-21-9-5-4-6-10-21)23-16-13-20(14-17-23)15-18-26-27-24-11-7-8-12-25(24)28(26)2;2*1-2;;/h20-21,23-27H,1,4-19H2,2H3;2*1-2H3;1H4;/t20?,23?,24-,25+,26-;;;;/m0..../s1. The molecule has 0 aromatic heterocycles. The van der Waals surface area contributed by atoms with Gasteiger partial charge in [0.15, 0.2) is 0 Å². The van der Waals surface area contributed by atoms with Crippen molar-refractivity contribution in [2.24, 2.45) is 17.8 Å². The first-order valence-electron chi connectivity index (χ1n) is 14.6. The van der Waals surface area contributed by atoms with Crippen LogP contribution in [0.3, 0.4) is 0 Å². The number of likely N-dealkylation sites (N-methyl/N-ethyl adjacent to an activating group) is 1. The Morgan fingerprint density at radius 3 is 1.97 bits per heavy atom. The molecule has 1 N–H and O–H groups in total. The summed E-state index contributed by atoms with van der Waals surface area (Å²) < 4.78 is 0. The molecule has 4 rings (SSSR count). The van der Waals surface area contributed by atoms with Gasteiger partial charge in [0.1, 0.15) is 0 Å². The summed E-state index contributed by atoms with van der Waals surface area (Å²) in [6, 6.07) is 1.59. The number of allylic oxidation sites excluding steroid dienone is 1. The topological polar surface area (TPSA) is 15.3 Å². The summed E-state index contributed by atoms with van der Waals surface area (Å²) in [6.45, 7) is 12.1. The number of hydrogen-bond donors (Lipinski definition) is 1. The molecular weight excluding hydrogens is 411 g/mol. The lowest BCUT2D eigenvalue weighted by Gasteiger charge is -2.33. The highest BCUT2D eigenvalue weighted by Gasteiger charge is 2.39. The van der Waals surface area contributed by atoms with Crippen molar-refractivity contribution >= 4 is 8.41 Å². The molecule has 0 amide bonds. The zero-order valence-electron chi connectivity index (χ0n) is 23.0. The van der Waals surface area contributed by atoms with Gasteiger partial charge in [-0.1, -0.05) is 86.6 Å². The second kappa shape index (κ2) is 18.7. The molecule has 1 heterocycles. The molecule has 4 aliphatic rings. The lowest BCUT2D eigenvalue weighted by atomic mass is 9.74. The quantitative estimate of drug-likeness (QED) is 0.308. The molecule has 197 valence electrons. The maximum atomic E-state index is 4.08. The Labute approximate surface area is 217 Å². The van der Waals surface area contributed by atoms with Crippen LogP contribution in [0, 0.1) is 17.8 Å². The second-order valence-electron chi connectivity index (χ2n) is 10.5. The van der Waals surface area contributed by atoms with Gasteiger partial charge in [0, 0.05) is 20.5 Å². The van der Waals surface area contributed by atoms with E-state index in [0.717, 1.165) is 29.8 Å².